The van der Waals surface area contributed by atoms with Gasteiger partial charge in [-0.15, -0.1) is 0 Å². The Hall–Kier alpha value is -1.95. The Bertz CT molecular complexity index is 563. The highest BCUT2D eigenvalue weighted by molar-refractivity contribution is 5.94. The monoisotopic (exact) mass is 316 g/mol. The van der Waals surface area contributed by atoms with Crippen molar-refractivity contribution in [3.63, 3.8) is 0 Å². The third-order valence-corrected chi connectivity index (χ3v) is 4.77. The van der Waals surface area contributed by atoms with E-state index in [1.54, 1.807) is 24.5 Å². The molecule has 1 N–H and O–H groups in total. The fraction of sp³-hybridized carbons (Fsp3) is 0.588. The van der Waals surface area contributed by atoms with Crippen molar-refractivity contribution in [1.29, 1.82) is 0 Å². The van der Waals surface area contributed by atoms with Crippen LogP contribution in [0.2, 0.25) is 0 Å². The molecule has 2 saturated heterocycles. The van der Waals surface area contributed by atoms with Crippen molar-refractivity contribution < 1.29 is 9.59 Å². The highest BCUT2D eigenvalue weighted by atomic mass is 16.2. The maximum absolute atomic E-state index is 12.8. The molecular formula is C17H24N4O2. The summed E-state index contributed by atoms with van der Waals surface area (Å²) < 4.78 is 0. The van der Waals surface area contributed by atoms with Gasteiger partial charge < -0.3 is 15.1 Å². The van der Waals surface area contributed by atoms with E-state index in [9.17, 15) is 9.59 Å². The minimum atomic E-state index is -0.0740. The van der Waals surface area contributed by atoms with Crippen molar-refractivity contribution >= 4 is 11.8 Å². The number of piperidine rings is 1. The molecule has 1 unspecified atom stereocenters. The van der Waals surface area contributed by atoms with Crippen LogP contribution in [0.15, 0.2) is 24.5 Å². The molecule has 0 saturated carbocycles. The van der Waals surface area contributed by atoms with Crippen LogP contribution in [0.3, 0.4) is 0 Å². The Labute approximate surface area is 136 Å². The van der Waals surface area contributed by atoms with Gasteiger partial charge in [0.1, 0.15) is 0 Å². The summed E-state index contributed by atoms with van der Waals surface area (Å²) in [5.41, 5.74) is 0.642. The Kier molecular flexibility index (Phi) is 4.91. The first-order valence-electron chi connectivity index (χ1n) is 8.37. The molecule has 3 heterocycles. The lowest BCUT2D eigenvalue weighted by Crippen LogP contribution is -2.55. The average molecular weight is 316 g/mol. The molecule has 2 fully saturated rings. The van der Waals surface area contributed by atoms with Gasteiger partial charge in [-0.05, 0) is 31.9 Å². The van der Waals surface area contributed by atoms with Crippen molar-refractivity contribution in [2.75, 3.05) is 32.7 Å². The average Bonchev–Trinajstić information content (AvgIpc) is 2.62. The maximum Gasteiger partial charge on any atom is 0.253 e. The molecule has 23 heavy (non-hydrogen) atoms. The van der Waals surface area contributed by atoms with Gasteiger partial charge in [-0.2, -0.15) is 0 Å². The van der Waals surface area contributed by atoms with Crippen LogP contribution in [0.4, 0.5) is 0 Å². The van der Waals surface area contributed by atoms with Gasteiger partial charge in [-0.3, -0.25) is 14.6 Å². The van der Waals surface area contributed by atoms with E-state index < -0.39 is 0 Å². The number of nitrogens with one attached hydrogen (secondary N) is 1. The van der Waals surface area contributed by atoms with Gasteiger partial charge in [0.05, 0.1) is 5.92 Å². The van der Waals surface area contributed by atoms with E-state index in [1.807, 2.05) is 9.80 Å². The zero-order valence-electron chi connectivity index (χ0n) is 13.6. The second kappa shape index (κ2) is 7.08. The fourth-order valence-corrected chi connectivity index (χ4v) is 3.44. The molecule has 2 aliphatic heterocycles. The standard InChI is InChI=1S/C17H24N4O2/c1-13-11-19-8-10-21(13)17(23)15-3-2-9-20(12-15)16(22)14-4-6-18-7-5-14/h4-7,13,15,19H,2-3,8-12H2,1H3/t13-,15?/m1/s1. The molecule has 6 nitrogen and oxygen atoms in total. The lowest BCUT2D eigenvalue weighted by Gasteiger charge is -2.39. The highest BCUT2D eigenvalue weighted by Crippen LogP contribution is 2.22. The third kappa shape index (κ3) is 3.52. The molecule has 0 aromatic carbocycles. The van der Waals surface area contributed by atoms with Gasteiger partial charge >= 0.3 is 0 Å². The predicted octanol–water partition coefficient (Wildman–Crippen LogP) is 0.754. The van der Waals surface area contributed by atoms with E-state index >= 15 is 0 Å². The summed E-state index contributed by atoms with van der Waals surface area (Å²) in [5, 5.41) is 3.31. The number of hydrogen-bond donors (Lipinski definition) is 1. The fourth-order valence-electron chi connectivity index (χ4n) is 3.44. The molecule has 2 amide bonds. The van der Waals surface area contributed by atoms with Crippen molar-refractivity contribution in [3.8, 4) is 0 Å². The quantitative estimate of drug-likeness (QED) is 0.874. The molecule has 3 rings (SSSR count). The molecule has 2 aliphatic rings. The second-order valence-corrected chi connectivity index (χ2v) is 6.41. The lowest BCUT2D eigenvalue weighted by atomic mass is 9.95. The lowest BCUT2D eigenvalue weighted by molar-refractivity contribution is -0.139. The van der Waals surface area contributed by atoms with E-state index in [0.717, 1.165) is 39.0 Å². The van der Waals surface area contributed by atoms with Gasteiger partial charge in [0, 0.05) is 56.7 Å². The molecule has 124 valence electrons. The van der Waals surface area contributed by atoms with E-state index in [4.69, 9.17) is 0 Å². The van der Waals surface area contributed by atoms with Crippen molar-refractivity contribution in [2.45, 2.75) is 25.8 Å². The summed E-state index contributed by atoms with van der Waals surface area (Å²) in [4.78, 5) is 33.1. The molecule has 6 heteroatoms. The van der Waals surface area contributed by atoms with Crippen molar-refractivity contribution in [1.82, 2.24) is 20.1 Å². The first kappa shape index (κ1) is 15.9. The number of rotatable bonds is 2. The Morgan fingerprint density at radius 3 is 2.78 bits per heavy atom. The number of carbonyl (C=O) groups is 2. The predicted molar refractivity (Wildman–Crippen MR) is 86.9 cm³/mol. The largest absolute Gasteiger partial charge is 0.338 e. The molecule has 0 aliphatic carbocycles. The number of piperazine rings is 1. The number of hydrogen-bond acceptors (Lipinski definition) is 4. The van der Waals surface area contributed by atoms with Crippen molar-refractivity contribution in [2.24, 2.45) is 5.92 Å². The van der Waals surface area contributed by atoms with E-state index in [-0.39, 0.29) is 23.8 Å². The summed E-state index contributed by atoms with van der Waals surface area (Å²) in [6, 6.07) is 3.68. The summed E-state index contributed by atoms with van der Waals surface area (Å²) in [6.07, 6.45) is 5.01. The SMILES string of the molecule is C[C@@H]1CNCCN1C(=O)C1CCCN(C(=O)c2ccncc2)C1. The molecule has 0 radical (unpaired) electrons. The van der Waals surface area contributed by atoms with E-state index in [1.165, 1.54) is 0 Å². The topological polar surface area (TPSA) is 65.5 Å². The summed E-state index contributed by atoms with van der Waals surface area (Å²) >= 11 is 0. The molecule has 2 atom stereocenters. The van der Waals surface area contributed by atoms with Crippen LogP contribution in [0.5, 0.6) is 0 Å². The number of nitrogens with zero attached hydrogens (tertiary/aromatic N) is 3. The minimum absolute atomic E-state index is 0.00161. The molecule has 1 aromatic rings. The second-order valence-electron chi connectivity index (χ2n) is 6.41. The highest BCUT2D eigenvalue weighted by Gasteiger charge is 2.33. The van der Waals surface area contributed by atoms with Crippen molar-refractivity contribution in [3.05, 3.63) is 30.1 Å². The van der Waals surface area contributed by atoms with Gasteiger partial charge in [0.15, 0.2) is 0 Å². The summed E-state index contributed by atoms with van der Waals surface area (Å²) in [7, 11) is 0. The Morgan fingerprint density at radius 1 is 1.26 bits per heavy atom. The first-order valence-corrected chi connectivity index (χ1v) is 8.37. The van der Waals surface area contributed by atoms with Crippen LogP contribution in [0.1, 0.15) is 30.1 Å². The van der Waals surface area contributed by atoms with Crippen LogP contribution in [-0.2, 0) is 4.79 Å². The van der Waals surface area contributed by atoms with Crippen LogP contribution in [0.25, 0.3) is 0 Å². The molecule has 1 aromatic heterocycles. The van der Waals surface area contributed by atoms with E-state index in [0.29, 0.717) is 12.1 Å². The van der Waals surface area contributed by atoms with Crippen LogP contribution >= 0.6 is 0 Å². The van der Waals surface area contributed by atoms with Gasteiger partial charge in [-0.25, -0.2) is 0 Å². The Morgan fingerprint density at radius 2 is 2.04 bits per heavy atom. The molecule has 0 bridgehead atoms. The van der Waals surface area contributed by atoms with Crippen LogP contribution in [-0.4, -0.2) is 65.4 Å². The molecular weight excluding hydrogens is 292 g/mol. The van der Waals surface area contributed by atoms with Gasteiger partial charge in [0.2, 0.25) is 5.91 Å². The van der Waals surface area contributed by atoms with Crippen LogP contribution < -0.4 is 5.32 Å². The number of likely N-dealkylation sites (tertiary alicyclic amines) is 1. The molecule has 0 spiro atoms. The van der Waals surface area contributed by atoms with Crippen LogP contribution in [0, 0.1) is 5.92 Å². The summed E-state index contributed by atoms with van der Waals surface area (Å²) in [5.74, 6) is 0.125. The number of amides is 2. The van der Waals surface area contributed by atoms with E-state index in [2.05, 4.69) is 17.2 Å². The number of pyridine rings is 1. The maximum atomic E-state index is 12.8. The van der Waals surface area contributed by atoms with Gasteiger partial charge in [0.25, 0.3) is 5.91 Å². The normalized spacial score (nSPS) is 25.3. The summed E-state index contributed by atoms with van der Waals surface area (Å²) in [6.45, 7) is 5.78. The third-order valence-electron chi connectivity index (χ3n) is 4.77. The zero-order chi connectivity index (χ0) is 16.2. The zero-order valence-corrected chi connectivity index (χ0v) is 13.6. The number of carbonyl (C=O) groups excluding carboxylic acids is 2. The Balaban J connectivity index is 1.66. The van der Waals surface area contributed by atoms with Gasteiger partial charge in [-0.1, -0.05) is 0 Å². The minimum Gasteiger partial charge on any atom is -0.338 e. The smallest absolute Gasteiger partial charge is 0.253 e. The number of aromatic nitrogens is 1. The first-order chi connectivity index (χ1) is 11.2.